The van der Waals surface area contributed by atoms with Crippen molar-refractivity contribution in [2.75, 3.05) is 6.61 Å². The van der Waals surface area contributed by atoms with Gasteiger partial charge in [0, 0.05) is 6.61 Å². The number of aryl methyl sites for hydroxylation is 3. The molecule has 0 spiro atoms. The third-order valence-electron chi connectivity index (χ3n) is 2.36. The highest BCUT2D eigenvalue weighted by Gasteiger charge is 1.97. The van der Waals surface area contributed by atoms with Crippen LogP contribution in [0.2, 0.25) is 0 Å². The van der Waals surface area contributed by atoms with Crippen LogP contribution in [0.25, 0.3) is 0 Å². The summed E-state index contributed by atoms with van der Waals surface area (Å²) in [6, 6.07) is 6.56. The molecule has 1 heteroatoms. The first-order valence-electron chi connectivity index (χ1n) is 4.91. The van der Waals surface area contributed by atoms with Gasteiger partial charge in [0.05, 0.1) is 0 Å². The van der Waals surface area contributed by atoms with Crippen LogP contribution in [0.15, 0.2) is 18.2 Å². The molecule has 0 saturated heterocycles. The van der Waals surface area contributed by atoms with E-state index in [1.165, 1.54) is 16.7 Å². The SMILES string of the molecule is Cc1ccc(C)c(CCCCO)c1. The Hall–Kier alpha value is -0.820. The van der Waals surface area contributed by atoms with Gasteiger partial charge in [-0.3, -0.25) is 0 Å². The Morgan fingerprint density at radius 1 is 1.15 bits per heavy atom. The lowest BCUT2D eigenvalue weighted by Crippen LogP contribution is -1.92. The molecule has 0 amide bonds. The molecule has 0 aliphatic carbocycles. The average molecular weight is 178 g/mol. The minimum absolute atomic E-state index is 0.310. The monoisotopic (exact) mass is 178 g/mol. The molecular formula is C12H18O. The number of rotatable bonds is 4. The van der Waals surface area contributed by atoms with Gasteiger partial charge in [-0.05, 0) is 44.2 Å². The third-order valence-corrected chi connectivity index (χ3v) is 2.36. The van der Waals surface area contributed by atoms with Crippen LogP contribution in [0, 0.1) is 13.8 Å². The van der Waals surface area contributed by atoms with E-state index in [9.17, 15) is 0 Å². The van der Waals surface area contributed by atoms with Gasteiger partial charge in [-0.2, -0.15) is 0 Å². The van der Waals surface area contributed by atoms with Gasteiger partial charge in [0.2, 0.25) is 0 Å². The molecule has 0 saturated carbocycles. The van der Waals surface area contributed by atoms with Crippen molar-refractivity contribution in [2.24, 2.45) is 0 Å². The zero-order valence-corrected chi connectivity index (χ0v) is 8.51. The number of aliphatic hydroxyl groups excluding tert-OH is 1. The molecule has 0 aliphatic rings. The van der Waals surface area contributed by atoms with Gasteiger partial charge in [-0.1, -0.05) is 23.8 Å². The van der Waals surface area contributed by atoms with Crippen molar-refractivity contribution in [3.8, 4) is 0 Å². The van der Waals surface area contributed by atoms with Gasteiger partial charge in [-0.25, -0.2) is 0 Å². The Kier molecular flexibility index (Phi) is 3.97. The normalized spacial score (nSPS) is 10.4. The highest BCUT2D eigenvalue weighted by molar-refractivity contribution is 5.30. The molecule has 0 atom stereocenters. The number of aliphatic hydroxyl groups is 1. The van der Waals surface area contributed by atoms with Gasteiger partial charge in [-0.15, -0.1) is 0 Å². The van der Waals surface area contributed by atoms with Crippen molar-refractivity contribution in [3.63, 3.8) is 0 Å². The summed E-state index contributed by atoms with van der Waals surface area (Å²) in [7, 11) is 0. The number of hydrogen-bond donors (Lipinski definition) is 1. The van der Waals surface area contributed by atoms with Crippen LogP contribution in [0.3, 0.4) is 0 Å². The van der Waals surface area contributed by atoms with Crippen molar-refractivity contribution in [2.45, 2.75) is 33.1 Å². The second kappa shape index (κ2) is 5.03. The summed E-state index contributed by atoms with van der Waals surface area (Å²) in [5.41, 5.74) is 4.11. The van der Waals surface area contributed by atoms with Crippen LogP contribution in [-0.2, 0) is 6.42 Å². The zero-order chi connectivity index (χ0) is 9.68. The zero-order valence-electron chi connectivity index (χ0n) is 8.51. The van der Waals surface area contributed by atoms with E-state index in [0.29, 0.717) is 6.61 Å². The van der Waals surface area contributed by atoms with Gasteiger partial charge in [0.1, 0.15) is 0 Å². The second-order valence-electron chi connectivity index (χ2n) is 3.61. The van der Waals surface area contributed by atoms with Crippen molar-refractivity contribution in [1.82, 2.24) is 0 Å². The molecule has 13 heavy (non-hydrogen) atoms. The van der Waals surface area contributed by atoms with E-state index in [4.69, 9.17) is 5.11 Å². The highest BCUT2D eigenvalue weighted by atomic mass is 16.2. The van der Waals surface area contributed by atoms with Crippen molar-refractivity contribution in [1.29, 1.82) is 0 Å². The predicted molar refractivity (Wildman–Crippen MR) is 55.9 cm³/mol. The number of hydrogen-bond acceptors (Lipinski definition) is 1. The molecule has 0 heterocycles. The fourth-order valence-corrected chi connectivity index (χ4v) is 1.50. The number of benzene rings is 1. The number of unbranched alkanes of at least 4 members (excludes halogenated alkanes) is 1. The van der Waals surface area contributed by atoms with E-state index in [1.807, 2.05) is 0 Å². The van der Waals surface area contributed by atoms with Gasteiger partial charge < -0.3 is 5.11 Å². The van der Waals surface area contributed by atoms with E-state index < -0.39 is 0 Å². The minimum Gasteiger partial charge on any atom is -0.396 e. The first-order chi connectivity index (χ1) is 6.24. The molecule has 1 rings (SSSR count). The molecule has 0 radical (unpaired) electrons. The average Bonchev–Trinajstić information content (AvgIpc) is 2.11. The van der Waals surface area contributed by atoms with Crippen LogP contribution in [-0.4, -0.2) is 11.7 Å². The molecular weight excluding hydrogens is 160 g/mol. The Balaban J connectivity index is 2.59. The van der Waals surface area contributed by atoms with Crippen LogP contribution in [0.4, 0.5) is 0 Å². The van der Waals surface area contributed by atoms with E-state index in [0.717, 1.165) is 19.3 Å². The van der Waals surface area contributed by atoms with Crippen LogP contribution < -0.4 is 0 Å². The summed E-state index contributed by atoms with van der Waals surface area (Å²) in [5, 5.41) is 8.67. The molecule has 1 aromatic rings. The van der Waals surface area contributed by atoms with Crippen molar-refractivity contribution < 1.29 is 5.11 Å². The van der Waals surface area contributed by atoms with Crippen LogP contribution >= 0.6 is 0 Å². The molecule has 72 valence electrons. The Morgan fingerprint density at radius 3 is 2.62 bits per heavy atom. The van der Waals surface area contributed by atoms with Gasteiger partial charge in [0.25, 0.3) is 0 Å². The second-order valence-corrected chi connectivity index (χ2v) is 3.61. The standard InChI is InChI=1S/C12H18O/c1-10-6-7-11(2)12(9-10)5-3-4-8-13/h6-7,9,13H,3-5,8H2,1-2H3. The molecule has 1 N–H and O–H groups in total. The molecule has 0 unspecified atom stereocenters. The quantitative estimate of drug-likeness (QED) is 0.703. The van der Waals surface area contributed by atoms with Gasteiger partial charge in [0.15, 0.2) is 0 Å². The van der Waals surface area contributed by atoms with Gasteiger partial charge >= 0.3 is 0 Å². The summed E-state index contributed by atoms with van der Waals surface area (Å²) < 4.78 is 0. The Morgan fingerprint density at radius 2 is 1.92 bits per heavy atom. The lowest BCUT2D eigenvalue weighted by molar-refractivity contribution is 0.284. The lowest BCUT2D eigenvalue weighted by atomic mass is 10.0. The molecule has 0 aliphatic heterocycles. The minimum atomic E-state index is 0.310. The Bertz CT molecular complexity index is 266. The summed E-state index contributed by atoms with van der Waals surface area (Å²) in [5.74, 6) is 0. The largest absolute Gasteiger partial charge is 0.396 e. The fraction of sp³-hybridized carbons (Fsp3) is 0.500. The maximum atomic E-state index is 8.67. The van der Waals surface area contributed by atoms with Crippen LogP contribution in [0.1, 0.15) is 29.5 Å². The van der Waals surface area contributed by atoms with Crippen LogP contribution in [0.5, 0.6) is 0 Å². The molecule has 1 aromatic carbocycles. The summed E-state index contributed by atoms with van der Waals surface area (Å²) in [6.07, 6.45) is 3.09. The highest BCUT2D eigenvalue weighted by Crippen LogP contribution is 2.13. The maximum absolute atomic E-state index is 8.67. The molecule has 0 aromatic heterocycles. The van der Waals surface area contributed by atoms with Crippen molar-refractivity contribution in [3.05, 3.63) is 34.9 Å². The lowest BCUT2D eigenvalue weighted by Gasteiger charge is -2.05. The van der Waals surface area contributed by atoms with E-state index in [1.54, 1.807) is 0 Å². The topological polar surface area (TPSA) is 20.2 Å². The van der Waals surface area contributed by atoms with E-state index in [-0.39, 0.29) is 0 Å². The van der Waals surface area contributed by atoms with E-state index >= 15 is 0 Å². The fourth-order valence-electron chi connectivity index (χ4n) is 1.50. The van der Waals surface area contributed by atoms with Crippen molar-refractivity contribution >= 4 is 0 Å². The predicted octanol–water partition coefficient (Wildman–Crippen LogP) is 2.62. The summed E-state index contributed by atoms with van der Waals surface area (Å²) >= 11 is 0. The third kappa shape index (κ3) is 3.19. The molecule has 1 nitrogen and oxygen atoms in total. The molecule has 0 bridgehead atoms. The summed E-state index contributed by atoms with van der Waals surface area (Å²) in [6.45, 7) is 4.58. The Labute approximate surface area is 80.4 Å². The first kappa shape index (κ1) is 10.3. The smallest absolute Gasteiger partial charge is 0.0431 e. The first-order valence-corrected chi connectivity index (χ1v) is 4.91. The molecule has 0 fully saturated rings. The summed E-state index contributed by atoms with van der Waals surface area (Å²) in [4.78, 5) is 0. The van der Waals surface area contributed by atoms with E-state index in [2.05, 4.69) is 32.0 Å². The maximum Gasteiger partial charge on any atom is 0.0431 e.